The highest BCUT2D eigenvalue weighted by Crippen LogP contribution is 2.50. The van der Waals surface area contributed by atoms with Gasteiger partial charge in [0.2, 0.25) is 0 Å². The zero-order chi connectivity index (χ0) is 12.6. The second kappa shape index (κ2) is 4.56. The van der Waals surface area contributed by atoms with Crippen LogP contribution >= 0.6 is 15.9 Å². The number of ketones is 1. The number of rotatable bonds is 0. The average molecular weight is 295 g/mol. The number of halogens is 1. The first kappa shape index (κ1) is 12.8. The van der Waals surface area contributed by atoms with Gasteiger partial charge in [-0.1, -0.05) is 40.6 Å². The third-order valence-corrected chi connectivity index (χ3v) is 5.20. The van der Waals surface area contributed by atoms with Crippen molar-refractivity contribution in [3.63, 3.8) is 0 Å². The van der Waals surface area contributed by atoms with Gasteiger partial charge in [0.1, 0.15) is 0 Å². The molecule has 2 heteroatoms. The standard InChI is InChI=1S/C15H19BrO/c1-10-8-14(17)11(2)12(3)15(10)6-4-13(9-16)5-7-15/h4,6,9-10H,5,7-8H2,1-3H3/b13-9-/t10-,15-/m0/s1. The molecule has 2 rings (SSSR count). The lowest BCUT2D eigenvalue weighted by atomic mass is 9.60. The summed E-state index contributed by atoms with van der Waals surface area (Å²) in [6.45, 7) is 6.33. The van der Waals surface area contributed by atoms with Crippen molar-refractivity contribution in [3.8, 4) is 0 Å². The number of carbonyl (C=O) groups is 1. The van der Waals surface area contributed by atoms with E-state index in [1.165, 1.54) is 11.1 Å². The average Bonchev–Trinajstić information content (AvgIpc) is 2.35. The normalized spacial score (nSPS) is 36.1. The molecule has 0 N–H and O–H groups in total. The fraction of sp³-hybridized carbons (Fsp3) is 0.533. The van der Waals surface area contributed by atoms with Crippen molar-refractivity contribution in [2.24, 2.45) is 11.3 Å². The Morgan fingerprint density at radius 1 is 1.47 bits per heavy atom. The van der Waals surface area contributed by atoms with E-state index in [0.717, 1.165) is 18.4 Å². The van der Waals surface area contributed by atoms with Gasteiger partial charge in [-0.2, -0.15) is 0 Å². The Labute approximate surface area is 112 Å². The minimum absolute atomic E-state index is 0.123. The molecular formula is C15H19BrO. The molecule has 0 heterocycles. The van der Waals surface area contributed by atoms with Gasteiger partial charge in [-0.25, -0.2) is 0 Å². The van der Waals surface area contributed by atoms with Crippen LogP contribution in [0, 0.1) is 11.3 Å². The predicted molar refractivity (Wildman–Crippen MR) is 75.0 cm³/mol. The molecule has 1 spiro atoms. The highest BCUT2D eigenvalue weighted by Gasteiger charge is 2.42. The van der Waals surface area contributed by atoms with Crippen LogP contribution in [0.15, 0.2) is 33.9 Å². The Balaban J connectivity index is 2.47. The molecular weight excluding hydrogens is 276 g/mol. The molecule has 0 aromatic carbocycles. The van der Waals surface area contributed by atoms with Crippen molar-refractivity contribution in [2.45, 2.75) is 40.0 Å². The summed E-state index contributed by atoms with van der Waals surface area (Å²) < 4.78 is 0. The first-order chi connectivity index (χ1) is 8.01. The minimum Gasteiger partial charge on any atom is -0.295 e. The SMILES string of the molecule is CC1=C(C)[C@]2(C=C/C(=C/Br)CC2)[C@@H](C)CC1=O. The lowest BCUT2D eigenvalue weighted by Crippen LogP contribution is -2.36. The Hall–Kier alpha value is -0.630. The summed E-state index contributed by atoms with van der Waals surface area (Å²) in [6.07, 6.45) is 7.44. The predicted octanol–water partition coefficient (Wildman–Crippen LogP) is 4.55. The molecule has 2 atom stereocenters. The zero-order valence-corrected chi connectivity index (χ0v) is 12.3. The van der Waals surface area contributed by atoms with Crippen molar-refractivity contribution in [3.05, 3.63) is 33.9 Å². The van der Waals surface area contributed by atoms with Crippen LogP contribution in [0.25, 0.3) is 0 Å². The fourth-order valence-corrected chi connectivity index (χ4v) is 3.51. The van der Waals surface area contributed by atoms with E-state index in [2.05, 4.69) is 41.9 Å². The number of allylic oxidation sites excluding steroid dienone is 5. The minimum atomic E-state index is 0.123. The van der Waals surface area contributed by atoms with Gasteiger partial charge in [-0.15, -0.1) is 0 Å². The van der Waals surface area contributed by atoms with Gasteiger partial charge >= 0.3 is 0 Å². The van der Waals surface area contributed by atoms with Gasteiger partial charge in [-0.3, -0.25) is 4.79 Å². The summed E-state index contributed by atoms with van der Waals surface area (Å²) in [4.78, 5) is 13.9. The fourth-order valence-electron chi connectivity index (χ4n) is 3.13. The Kier molecular flexibility index (Phi) is 3.44. The second-order valence-electron chi connectivity index (χ2n) is 5.34. The Bertz CT molecular complexity index is 442. The number of Topliss-reactive ketones (excluding diaryl/α,β-unsaturated/α-hetero) is 1. The van der Waals surface area contributed by atoms with Crippen LogP contribution in [0.5, 0.6) is 0 Å². The monoisotopic (exact) mass is 294 g/mol. The number of carbonyl (C=O) groups excluding carboxylic acids is 1. The molecule has 92 valence electrons. The molecule has 0 saturated carbocycles. The van der Waals surface area contributed by atoms with E-state index in [1.807, 2.05) is 11.9 Å². The topological polar surface area (TPSA) is 17.1 Å². The molecule has 0 bridgehead atoms. The lowest BCUT2D eigenvalue weighted by Gasteiger charge is -2.44. The maximum atomic E-state index is 11.9. The van der Waals surface area contributed by atoms with E-state index >= 15 is 0 Å². The van der Waals surface area contributed by atoms with Crippen LogP contribution in [-0.2, 0) is 4.79 Å². The Morgan fingerprint density at radius 3 is 2.71 bits per heavy atom. The zero-order valence-electron chi connectivity index (χ0n) is 10.7. The molecule has 17 heavy (non-hydrogen) atoms. The van der Waals surface area contributed by atoms with Gasteiger partial charge in [0.15, 0.2) is 5.78 Å². The van der Waals surface area contributed by atoms with Gasteiger partial charge in [0, 0.05) is 11.8 Å². The molecule has 0 saturated heterocycles. The van der Waals surface area contributed by atoms with E-state index < -0.39 is 0 Å². The van der Waals surface area contributed by atoms with Gasteiger partial charge in [0.25, 0.3) is 0 Å². The Morgan fingerprint density at radius 2 is 2.18 bits per heavy atom. The van der Waals surface area contributed by atoms with Crippen LogP contribution in [0.3, 0.4) is 0 Å². The van der Waals surface area contributed by atoms with Crippen molar-refractivity contribution < 1.29 is 4.79 Å². The van der Waals surface area contributed by atoms with Gasteiger partial charge in [0.05, 0.1) is 0 Å². The largest absolute Gasteiger partial charge is 0.295 e. The first-order valence-corrected chi connectivity index (χ1v) is 7.12. The van der Waals surface area contributed by atoms with Crippen LogP contribution in [0.1, 0.15) is 40.0 Å². The third-order valence-electron chi connectivity index (χ3n) is 4.61. The summed E-state index contributed by atoms with van der Waals surface area (Å²) in [5.41, 5.74) is 3.73. The smallest absolute Gasteiger partial charge is 0.158 e. The van der Waals surface area contributed by atoms with E-state index in [4.69, 9.17) is 0 Å². The summed E-state index contributed by atoms with van der Waals surface area (Å²) in [5.74, 6) is 0.752. The summed E-state index contributed by atoms with van der Waals surface area (Å²) in [7, 11) is 0. The van der Waals surface area contributed by atoms with Crippen LogP contribution in [0.2, 0.25) is 0 Å². The van der Waals surface area contributed by atoms with Crippen LogP contribution < -0.4 is 0 Å². The molecule has 0 aromatic heterocycles. The van der Waals surface area contributed by atoms with E-state index in [0.29, 0.717) is 18.1 Å². The highest BCUT2D eigenvalue weighted by atomic mass is 79.9. The molecule has 2 aliphatic carbocycles. The molecule has 1 nitrogen and oxygen atoms in total. The molecule has 0 unspecified atom stereocenters. The molecule has 0 aliphatic heterocycles. The number of hydrogen-bond acceptors (Lipinski definition) is 1. The second-order valence-corrected chi connectivity index (χ2v) is 5.79. The highest BCUT2D eigenvalue weighted by molar-refractivity contribution is 9.11. The van der Waals surface area contributed by atoms with E-state index in [1.54, 1.807) is 0 Å². The molecule has 0 fully saturated rings. The van der Waals surface area contributed by atoms with Crippen molar-refractivity contribution in [1.82, 2.24) is 0 Å². The molecule has 0 radical (unpaired) electrons. The molecule has 0 aromatic rings. The maximum Gasteiger partial charge on any atom is 0.158 e. The van der Waals surface area contributed by atoms with Crippen molar-refractivity contribution in [1.29, 1.82) is 0 Å². The molecule has 2 aliphatic rings. The number of hydrogen-bond donors (Lipinski definition) is 0. The quantitative estimate of drug-likeness (QED) is 0.641. The first-order valence-electron chi connectivity index (χ1n) is 6.21. The van der Waals surface area contributed by atoms with Crippen LogP contribution in [-0.4, -0.2) is 5.78 Å². The lowest BCUT2D eigenvalue weighted by molar-refractivity contribution is -0.117. The van der Waals surface area contributed by atoms with Crippen molar-refractivity contribution in [2.75, 3.05) is 0 Å². The van der Waals surface area contributed by atoms with Crippen molar-refractivity contribution >= 4 is 21.7 Å². The van der Waals surface area contributed by atoms with Gasteiger partial charge in [-0.05, 0) is 48.7 Å². The van der Waals surface area contributed by atoms with E-state index in [-0.39, 0.29) is 5.41 Å². The third kappa shape index (κ3) is 1.97. The maximum absolute atomic E-state index is 11.9. The molecule has 0 amide bonds. The summed E-state index contributed by atoms with van der Waals surface area (Å²) in [6, 6.07) is 0. The van der Waals surface area contributed by atoms with E-state index in [9.17, 15) is 4.79 Å². The summed E-state index contributed by atoms with van der Waals surface area (Å²) in [5, 5.41) is 0. The van der Waals surface area contributed by atoms with Gasteiger partial charge < -0.3 is 0 Å². The summed E-state index contributed by atoms with van der Waals surface area (Å²) >= 11 is 3.40. The van der Waals surface area contributed by atoms with Crippen LogP contribution in [0.4, 0.5) is 0 Å².